The molecule has 1 atom stereocenters. The molecule has 1 saturated heterocycles. The topological polar surface area (TPSA) is 95.7 Å². The number of aryl methyl sites for hydroxylation is 2. The molecule has 3 heterocycles. The number of hydrogen-bond acceptors (Lipinski definition) is 6. The Bertz CT molecular complexity index is 1100. The summed E-state index contributed by atoms with van der Waals surface area (Å²) in [6.07, 6.45) is 3.46. The summed E-state index contributed by atoms with van der Waals surface area (Å²) in [5.41, 5.74) is 1.57. The van der Waals surface area contributed by atoms with Gasteiger partial charge in [0.05, 0.1) is 17.2 Å². The molecule has 164 valence electrons. The van der Waals surface area contributed by atoms with Crippen LogP contribution in [0.4, 0.5) is 0 Å². The van der Waals surface area contributed by atoms with Gasteiger partial charge >= 0.3 is 0 Å². The minimum atomic E-state index is -0.180. The molecule has 2 amide bonds. The van der Waals surface area contributed by atoms with Crippen molar-refractivity contribution in [2.24, 2.45) is 0 Å². The number of likely N-dealkylation sites (tertiary alicyclic amines) is 1. The molecule has 2 aromatic heterocycles. The van der Waals surface area contributed by atoms with E-state index < -0.39 is 0 Å². The van der Waals surface area contributed by atoms with Gasteiger partial charge in [0.25, 0.3) is 11.8 Å². The van der Waals surface area contributed by atoms with Crippen molar-refractivity contribution in [1.29, 1.82) is 0 Å². The molecule has 31 heavy (non-hydrogen) atoms. The van der Waals surface area contributed by atoms with E-state index in [2.05, 4.69) is 10.3 Å². The Morgan fingerprint density at radius 3 is 2.84 bits per heavy atom. The highest BCUT2D eigenvalue weighted by Gasteiger charge is 2.32. The first kappa shape index (κ1) is 21.5. The molecule has 1 fully saturated rings. The first-order chi connectivity index (χ1) is 15.0. The fourth-order valence-electron chi connectivity index (χ4n) is 4.31. The first-order valence-electron chi connectivity index (χ1n) is 10.6. The van der Waals surface area contributed by atoms with Gasteiger partial charge in [0.1, 0.15) is 0 Å². The van der Waals surface area contributed by atoms with E-state index in [4.69, 9.17) is 9.52 Å². The lowest BCUT2D eigenvalue weighted by molar-refractivity contribution is 0.0579. The number of amides is 2. The molecule has 2 N–H and O–H groups in total. The zero-order valence-corrected chi connectivity index (χ0v) is 18.6. The Morgan fingerprint density at radius 1 is 1.29 bits per heavy atom. The monoisotopic (exact) mass is 441 g/mol. The fraction of sp³-hybridized carbons (Fsp3) is 0.435. The summed E-state index contributed by atoms with van der Waals surface area (Å²) < 4.78 is 6.64. The van der Waals surface area contributed by atoms with E-state index in [-0.39, 0.29) is 31.0 Å². The molecule has 0 spiro atoms. The lowest BCUT2D eigenvalue weighted by Crippen LogP contribution is -2.45. The summed E-state index contributed by atoms with van der Waals surface area (Å²) in [6, 6.07) is 7.95. The van der Waals surface area contributed by atoms with E-state index in [0.717, 1.165) is 34.9 Å². The maximum atomic E-state index is 13.3. The number of aromatic nitrogens is 1. The zero-order chi connectivity index (χ0) is 22.0. The van der Waals surface area contributed by atoms with Gasteiger partial charge in [-0.1, -0.05) is 18.2 Å². The van der Waals surface area contributed by atoms with Gasteiger partial charge in [-0.3, -0.25) is 9.59 Å². The number of nitrogens with one attached hydrogen (secondary N) is 1. The molecule has 7 nitrogen and oxygen atoms in total. The van der Waals surface area contributed by atoms with Gasteiger partial charge in [0, 0.05) is 30.8 Å². The summed E-state index contributed by atoms with van der Waals surface area (Å²) in [4.78, 5) is 32.9. The molecule has 1 aromatic carbocycles. The van der Waals surface area contributed by atoms with Crippen molar-refractivity contribution < 1.29 is 19.1 Å². The Labute approximate surface area is 185 Å². The normalized spacial score (nSPS) is 16.6. The molecule has 0 radical (unpaired) electrons. The van der Waals surface area contributed by atoms with Crippen LogP contribution in [0.15, 0.2) is 28.7 Å². The number of hydrogen-bond donors (Lipinski definition) is 2. The number of aliphatic hydroxyl groups is 1. The van der Waals surface area contributed by atoms with Crippen LogP contribution in [0.1, 0.15) is 56.6 Å². The van der Waals surface area contributed by atoms with E-state index in [9.17, 15) is 9.59 Å². The van der Waals surface area contributed by atoms with Gasteiger partial charge in [0.2, 0.25) is 5.76 Å². The van der Waals surface area contributed by atoms with Crippen LogP contribution in [-0.2, 0) is 6.42 Å². The average molecular weight is 442 g/mol. The number of benzene rings is 1. The van der Waals surface area contributed by atoms with E-state index in [1.54, 1.807) is 13.8 Å². The summed E-state index contributed by atoms with van der Waals surface area (Å²) in [5, 5.41) is 12.9. The number of aliphatic hydroxyl groups excluding tert-OH is 1. The number of piperidine rings is 1. The summed E-state index contributed by atoms with van der Waals surface area (Å²) >= 11 is 1.46. The smallest absolute Gasteiger partial charge is 0.291 e. The van der Waals surface area contributed by atoms with Gasteiger partial charge < -0.3 is 19.7 Å². The van der Waals surface area contributed by atoms with Crippen LogP contribution < -0.4 is 5.32 Å². The van der Waals surface area contributed by atoms with E-state index in [1.807, 2.05) is 29.2 Å². The maximum Gasteiger partial charge on any atom is 0.291 e. The van der Waals surface area contributed by atoms with Crippen LogP contribution in [0.5, 0.6) is 0 Å². The molecule has 1 aliphatic heterocycles. The van der Waals surface area contributed by atoms with Crippen LogP contribution in [0.2, 0.25) is 0 Å². The van der Waals surface area contributed by atoms with Crippen LogP contribution in [0.25, 0.3) is 10.1 Å². The quantitative estimate of drug-likeness (QED) is 0.611. The van der Waals surface area contributed by atoms with Crippen LogP contribution in [-0.4, -0.2) is 52.5 Å². The molecule has 1 aliphatic rings. The Kier molecular flexibility index (Phi) is 6.38. The van der Waals surface area contributed by atoms with Crippen LogP contribution in [0, 0.1) is 13.8 Å². The Morgan fingerprint density at radius 2 is 2.10 bits per heavy atom. The molecule has 8 heteroatoms. The Hall–Kier alpha value is -2.71. The van der Waals surface area contributed by atoms with Crippen molar-refractivity contribution in [2.45, 2.75) is 45.6 Å². The van der Waals surface area contributed by atoms with Gasteiger partial charge in [-0.05, 0) is 49.6 Å². The summed E-state index contributed by atoms with van der Waals surface area (Å²) in [6.45, 7) is 4.30. The second-order valence-corrected chi connectivity index (χ2v) is 8.94. The number of nitrogens with zero attached hydrogens (tertiary/aromatic N) is 2. The number of thiophene rings is 1. The fourth-order valence-corrected chi connectivity index (χ4v) is 5.46. The van der Waals surface area contributed by atoms with E-state index >= 15 is 0 Å². The van der Waals surface area contributed by atoms with Crippen LogP contribution in [0.3, 0.4) is 0 Å². The highest BCUT2D eigenvalue weighted by molar-refractivity contribution is 7.21. The van der Waals surface area contributed by atoms with Gasteiger partial charge in [-0.15, -0.1) is 11.3 Å². The van der Waals surface area contributed by atoms with Gasteiger partial charge in [-0.25, -0.2) is 4.98 Å². The molecule has 0 aliphatic carbocycles. The molecule has 4 rings (SSSR count). The third-order valence-electron chi connectivity index (χ3n) is 5.73. The van der Waals surface area contributed by atoms with Gasteiger partial charge in [0.15, 0.2) is 5.89 Å². The predicted molar refractivity (Wildman–Crippen MR) is 120 cm³/mol. The minimum Gasteiger partial charge on any atom is -0.436 e. The maximum absolute atomic E-state index is 13.3. The number of rotatable bonds is 6. The average Bonchev–Trinajstić information content (AvgIpc) is 3.31. The molecule has 0 saturated carbocycles. The lowest BCUT2D eigenvalue weighted by atomic mass is 9.93. The first-order valence-corrected chi connectivity index (χ1v) is 11.5. The summed E-state index contributed by atoms with van der Waals surface area (Å²) in [7, 11) is 0. The highest BCUT2D eigenvalue weighted by Crippen LogP contribution is 2.34. The zero-order valence-electron chi connectivity index (χ0n) is 17.8. The SMILES string of the molecule is Cc1nc(C)c(C(=O)N2CCCC[C@@H]2Cc2c(C(=O)NCCO)sc3ccccc23)o1. The largest absolute Gasteiger partial charge is 0.436 e. The van der Waals surface area contributed by atoms with Crippen molar-refractivity contribution in [3.8, 4) is 0 Å². The number of oxazole rings is 1. The number of fused-ring (bicyclic) bond motifs is 1. The van der Waals surface area contributed by atoms with Crippen molar-refractivity contribution in [3.05, 3.63) is 52.1 Å². The third-order valence-corrected chi connectivity index (χ3v) is 6.94. The third kappa shape index (κ3) is 4.36. The Balaban J connectivity index is 1.67. The molecule has 3 aromatic rings. The molecule has 0 unspecified atom stereocenters. The molecule has 0 bridgehead atoms. The van der Waals surface area contributed by atoms with Crippen molar-refractivity contribution in [3.63, 3.8) is 0 Å². The standard InChI is InChI=1S/C23H27N3O4S/c1-14-20(30-15(2)25-14)23(29)26-11-6-5-7-16(26)13-18-17-8-3-4-9-19(17)31-21(18)22(28)24-10-12-27/h3-4,8-9,16,27H,5-7,10-13H2,1-2H3,(H,24,28)/t16-/m1/s1. The highest BCUT2D eigenvalue weighted by atomic mass is 32.1. The number of carbonyl (C=O) groups excluding carboxylic acids is 2. The molecular weight excluding hydrogens is 414 g/mol. The summed E-state index contributed by atoms with van der Waals surface area (Å²) in [5.74, 6) is 0.482. The predicted octanol–water partition coefficient (Wildman–Crippen LogP) is 3.47. The number of carbonyl (C=O) groups is 2. The van der Waals surface area contributed by atoms with E-state index in [0.29, 0.717) is 35.2 Å². The molecular formula is C23H27N3O4S. The van der Waals surface area contributed by atoms with Crippen molar-refractivity contribution in [2.75, 3.05) is 19.7 Å². The van der Waals surface area contributed by atoms with Crippen LogP contribution >= 0.6 is 11.3 Å². The van der Waals surface area contributed by atoms with Gasteiger partial charge in [-0.2, -0.15) is 0 Å². The van der Waals surface area contributed by atoms with E-state index in [1.165, 1.54) is 11.3 Å². The van der Waals surface area contributed by atoms with Crippen molar-refractivity contribution >= 4 is 33.2 Å². The second-order valence-electron chi connectivity index (χ2n) is 7.89. The second kappa shape index (κ2) is 9.20. The lowest BCUT2D eigenvalue weighted by Gasteiger charge is -2.35. The van der Waals surface area contributed by atoms with Crippen molar-refractivity contribution in [1.82, 2.24) is 15.2 Å². The minimum absolute atomic E-state index is 0.0199.